The number of rotatable bonds is 5. The molecule has 15 heavy (non-hydrogen) atoms. The van der Waals surface area contributed by atoms with Gasteiger partial charge in [-0.2, -0.15) is 0 Å². The predicted molar refractivity (Wildman–Crippen MR) is 64.5 cm³/mol. The van der Waals surface area contributed by atoms with E-state index in [4.69, 9.17) is 0 Å². The molecular formula is C11H19N3S. The summed E-state index contributed by atoms with van der Waals surface area (Å²) in [6.07, 6.45) is 6.89. The summed E-state index contributed by atoms with van der Waals surface area (Å²) >= 11 is 1.87. The van der Waals surface area contributed by atoms with E-state index in [1.165, 1.54) is 29.3 Å². The SMILES string of the molecule is CNCCc1cnc(CC2CCCN2)s1. The Kier molecular flexibility index (Phi) is 4.11. The van der Waals surface area contributed by atoms with Gasteiger partial charge in [-0.3, -0.25) is 0 Å². The lowest BCUT2D eigenvalue weighted by atomic mass is 10.2. The van der Waals surface area contributed by atoms with E-state index in [-0.39, 0.29) is 0 Å². The predicted octanol–water partition coefficient (Wildman–Crippen LogP) is 1.20. The zero-order valence-electron chi connectivity index (χ0n) is 9.25. The maximum Gasteiger partial charge on any atom is 0.0943 e. The quantitative estimate of drug-likeness (QED) is 0.790. The first-order valence-electron chi connectivity index (χ1n) is 5.70. The Balaban J connectivity index is 1.83. The number of nitrogens with one attached hydrogen (secondary N) is 2. The highest BCUT2D eigenvalue weighted by Crippen LogP contribution is 2.18. The first-order chi connectivity index (χ1) is 7.38. The van der Waals surface area contributed by atoms with E-state index in [1.807, 2.05) is 24.6 Å². The molecule has 1 saturated heterocycles. The van der Waals surface area contributed by atoms with Gasteiger partial charge in [0.25, 0.3) is 0 Å². The van der Waals surface area contributed by atoms with Crippen LogP contribution in [0.1, 0.15) is 22.7 Å². The molecule has 4 heteroatoms. The maximum atomic E-state index is 4.48. The second-order valence-electron chi connectivity index (χ2n) is 4.07. The molecule has 1 aliphatic rings. The zero-order valence-corrected chi connectivity index (χ0v) is 10.1. The van der Waals surface area contributed by atoms with Crippen molar-refractivity contribution in [2.45, 2.75) is 31.7 Å². The van der Waals surface area contributed by atoms with E-state index in [9.17, 15) is 0 Å². The molecule has 0 amide bonds. The average Bonchev–Trinajstić information content (AvgIpc) is 2.87. The summed E-state index contributed by atoms with van der Waals surface area (Å²) in [5.41, 5.74) is 0. The van der Waals surface area contributed by atoms with Gasteiger partial charge < -0.3 is 10.6 Å². The fourth-order valence-electron chi connectivity index (χ4n) is 1.95. The smallest absolute Gasteiger partial charge is 0.0943 e. The van der Waals surface area contributed by atoms with Crippen LogP contribution in [0.4, 0.5) is 0 Å². The van der Waals surface area contributed by atoms with Crippen LogP contribution < -0.4 is 10.6 Å². The second kappa shape index (κ2) is 5.58. The number of aromatic nitrogens is 1. The highest BCUT2D eigenvalue weighted by molar-refractivity contribution is 7.11. The average molecular weight is 225 g/mol. The summed E-state index contributed by atoms with van der Waals surface area (Å²) in [6, 6.07) is 0.674. The van der Waals surface area contributed by atoms with Crippen LogP contribution in [-0.4, -0.2) is 31.2 Å². The maximum absolute atomic E-state index is 4.48. The van der Waals surface area contributed by atoms with E-state index in [1.54, 1.807) is 0 Å². The molecule has 0 radical (unpaired) electrons. The summed E-state index contributed by atoms with van der Waals surface area (Å²) in [4.78, 5) is 5.88. The van der Waals surface area contributed by atoms with Crippen molar-refractivity contribution < 1.29 is 0 Å². The van der Waals surface area contributed by atoms with Crippen LogP contribution in [0.2, 0.25) is 0 Å². The summed E-state index contributed by atoms with van der Waals surface area (Å²) in [6.45, 7) is 2.23. The molecule has 0 bridgehead atoms. The minimum Gasteiger partial charge on any atom is -0.319 e. The van der Waals surface area contributed by atoms with Gasteiger partial charge in [0.05, 0.1) is 5.01 Å². The lowest BCUT2D eigenvalue weighted by Gasteiger charge is -2.06. The van der Waals surface area contributed by atoms with Gasteiger partial charge >= 0.3 is 0 Å². The molecule has 1 unspecified atom stereocenters. The Hall–Kier alpha value is -0.450. The van der Waals surface area contributed by atoms with E-state index < -0.39 is 0 Å². The summed E-state index contributed by atoms with van der Waals surface area (Å²) in [7, 11) is 1.99. The molecule has 1 aliphatic heterocycles. The van der Waals surface area contributed by atoms with Gasteiger partial charge in [0, 0.05) is 23.5 Å². The van der Waals surface area contributed by atoms with Gasteiger partial charge in [-0.15, -0.1) is 11.3 Å². The third kappa shape index (κ3) is 3.26. The van der Waals surface area contributed by atoms with Crippen molar-refractivity contribution in [1.29, 1.82) is 0 Å². The fourth-order valence-corrected chi connectivity index (χ4v) is 2.95. The Bertz CT molecular complexity index is 292. The molecule has 0 saturated carbocycles. The molecular weight excluding hydrogens is 206 g/mol. The summed E-state index contributed by atoms with van der Waals surface area (Å²) < 4.78 is 0. The molecule has 3 nitrogen and oxygen atoms in total. The third-order valence-electron chi connectivity index (χ3n) is 2.81. The molecule has 2 heterocycles. The number of hydrogen-bond acceptors (Lipinski definition) is 4. The van der Waals surface area contributed by atoms with Gasteiger partial charge in [0.1, 0.15) is 0 Å². The highest BCUT2D eigenvalue weighted by atomic mass is 32.1. The van der Waals surface area contributed by atoms with Crippen molar-refractivity contribution in [2.75, 3.05) is 20.1 Å². The fraction of sp³-hybridized carbons (Fsp3) is 0.727. The van der Waals surface area contributed by atoms with E-state index in [0.717, 1.165) is 19.4 Å². The Morgan fingerprint density at radius 1 is 1.67 bits per heavy atom. The minimum atomic E-state index is 0.674. The van der Waals surface area contributed by atoms with Gasteiger partial charge in [-0.05, 0) is 39.4 Å². The van der Waals surface area contributed by atoms with Crippen LogP contribution in [0.25, 0.3) is 0 Å². The van der Waals surface area contributed by atoms with Crippen LogP contribution >= 0.6 is 11.3 Å². The van der Waals surface area contributed by atoms with Crippen LogP contribution in [-0.2, 0) is 12.8 Å². The van der Waals surface area contributed by atoms with Crippen LogP contribution in [0, 0.1) is 0 Å². The number of likely N-dealkylation sites (N-methyl/N-ethyl adjacent to an activating group) is 1. The van der Waals surface area contributed by atoms with Crippen molar-refractivity contribution in [2.24, 2.45) is 0 Å². The van der Waals surface area contributed by atoms with Crippen molar-refractivity contribution in [3.8, 4) is 0 Å². The van der Waals surface area contributed by atoms with Crippen LogP contribution in [0.3, 0.4) is 0 Å². The van der Waals surface area contributed by atoms with Gasteiger partial charge in [-0.1, -0.05) is 0 Å². The van der Waals surface area contributed by atoms with Crippen molar-refractivity contribution in [3.63, 3.8) is 0 Å². The first kappa shape index (κ1) is 11.0. The second-order valence-corrected chi connectivity index (χ2v) is 5.27. The molecule has 1 aromatic rings. The standard InChI is InChI=1S/C11H19N3S/c1-12-6-4-10-8-14-11(15-10)7-9-3-2-5-13-9/h8-9,12-13H,2-7H2,1H3. The molecule has 0 aliphatic carbocycles. The first-order valence-corrected chi connectivity index (χ1v) is 6.51. The largest absolute Gasteiger partial charge is 0.319 e. The molecule has 84 valence electrons. The number of nitrogens with zero attached hydrogens (tertiary/aromatic N) is 1. The zero-order chi connectivity index (χ0) is 10.5. The van der Waals surface area contributed by atoms with E-state index >= 15 is 0 Å². The number of hydrogen-bond donors (Lipinski definition) is 2. The summed E-state index contributed by atoms with van der Waals surface area (Å²) in [5.74, 6) is 0. The molecule has 0 aromatic carbocycles. The Morgan fingerprint density at radius 3 is 3.33 bits per heavy atom. The molecule has 1 aromatic heterocycles. The monoisotopic (exact) mass is 225 g/mol. The summed E-state index contributed by atoms with van der Waals surface area (Å²) in [5, 5.41) is 7.97. The van der Waals surface area contributed by atoms with Crippen LogP contribution in [0.15, 0.2) is 6.20 Å². The molecule has 2 rings (SSSR count). The minimum absolute atomic E-state index is 0.674. The molecule has 1 atom stereocenters. The van der Waals surface area contributed by atoms with Crippen molar-refractivity contribution in [3.05, 3.63) is 16.1 Å². The molecule has 0 spiro atoms. The van der Waals surface area contributed by atoms with Gasteiger partial charge in [-0.25, -0.2) is 4.98 Å². The van der Waals surface area contributed by atoms with E-state index in [0.29, 0.717) is 6.04 Å². The topological polar surface area (TPSA) is 37.0 Å². The normalized spacial score (nSPS) is 21.0. The Morgan fingerprint density at radius 2 is 2.60 bits per heavy atom. The third-order valence-corrected chi connectivity index (χ3v) is 3.89. The van der Waals surface area contributed by atoms with Crippen molar-refractivity contribution in [1.82, 2.24) is 15.6 Å². The Labute approximate surface area is 95.3 Å². The van der Waals surface area contributed by atoms with Gasteiger partial charge in [0.2, 0.25) is 0 Å². The van der Waals surface area contributed by atoms with Crippen molar-refractivity contribution >= 4 is 11.3 Å². The molecule has 2 N–H and O–H groups in total. The number of thiazole rings is 1. The lowest BCUT2D eigenvalue weighted by Crippen LogP contribution is -2.23. The van der Waals surface area contributed by atoms with Gasteiger partial charge in [0.15, 0.2) is 0 Å². The lowest BCUT2D eigenvalue weighted by molar-refractivity contribution is 0.601. The van der Waals surface area contributed by atoms with Crippen LogP contribution in [0.5, 0.6) is 0 Å². The highest BCUT2D eigenvalue weighted by Gasteiger charge is 2.15. The molecule has 1 fully saturated rings. The van der Waals surface area contributed by atoms with E-state index in [2.05, 4.69) is 15.6 Å².